The van der Waals surface area contributed by atoms with E-state index in [0.29, 0.717) is 0 Å². The van der Waals surface area contributed by atoms with Crippen LogP contribution in [0.2, 0.25) is 0 Å². The summed E-state index contributed by atoms with van der Waals surface area (Å²) in [7, 11) is 0. The Morgan fingerprint density at radius 1 is 0.895 bits per heavy atom. The molecule has 0 aromatic heterocycles. The molecule has 0 unspecified atom stereocenters. The molecule has 0 aliphatic heterocycles. The van der Waals surface area contributed by atoms with Gasteiger partial charge in [-0.3, -0.25) is 0 Å². The van der Waals surface area contributed by atoms with E-state index < -0.39 is 0 Å². The summed E-state index contributed by atoms with van der Waals surface area (Å²) in [5, 5.41) is 0. The van der Waals surface area contributed by atoms with Crippen LogP contribution in [-0.2, 0) is 5.54 Å². The van der Waals surface area contributed by atoms with Gasteiger partial charge in [0.2, 0.25) is 0 Å². The third-order valence-corrected chi connectivity index (χ3v) is 5.28. The molecule has 2 saturated carbocycles. The number of rotatable bonds is 2. The second kappa shape index (κ2) is 5.66. The minimum atomic E-state index is -0.0270. The molecule has 1 aromatic rings. The van der Waals surface area contributed by atoms with Crippen molar-refractivity contribution in [2.24, 2.45) is 5.73 Å². The summed E-state index contributed by atoms with van der Waals surface area (Å²) in [6.45, 7) is 0. The van der Waals surface area contributed by atoms with Gasteiger partial charge in [0, 0.05) is 5.54 Å². The molecule has 0 spiro atoms. The minimum Gasteiger partial charge on any atom is -0.321 e. The monoisotopic (exact) mass is 257 g/mol. The standard InChI is InChI=1S/C18H27N/c19-18(12-5-6-13-18)17-11-7-10-16(14-17)15-8-3-1-2-4-9-15/h7,10-11,14-15H,1-6,8-9,12-13,19H2. The fourth-order valence-electron chi connectivity index (χ4n) is 4.01. The first-order valence-corrected chi connectivity index (χ1v) is 8.17. The Kier molecular flexibility index (Phi) is 3.93. The van der Waals surface area contributed by atoms with Gasteiger partial charge in [-0.2, -0.15) is 0 Å². The maximum Gasteiger partial charge on any atom is 0.0409 e. The molecule has 2 aliphatic carbocycles. The van der Waals surface area contributed by atoms with Crippen LogP contribution in [0.15, 0.2) is 24.3 Å². The zero-order valence-corrected chi connectivity index (χ0v) is 12.0. The lowest BCUT2D eigenvalue weighted by atomic mass is 9.84. The lowest BCUT2D eigenvalue weighted by molar-refractivity contribution is 0.460. The summed E-state index contributed by atoms with van der Waals surface area (Å²) < 4.78 is 0. The van der Waals surface area contributed by atoms with Crippen molar-refractivity contribution in [3.8, 4) is 0 Å². The predicted octanol–water partition coefficient (Wildman–Crippen LogP) is 4.85. The van der Waals surface area contributed by atoms with Crippen LogP contribution in [0, 0.1) is 0 Å². The highest BCUT2D eigenvalue weighted by molar-refractivity contribution is 5.32. The fraction of sp³-hybridized carbons (Fsp3) is 0.667. The number of hydrogen-bond acceptors (Lipinski definition) is 1. The lowest BCUT2D eigenvalue weighted by Crippen LogP contribution is -2.33. The molecule has 3 rings (SSSR count). The molecule has 0 bridgehead atoms. The van der Waals surface area contributed by atoms with Crippen LogP contribution >= 0.6 is 0 Å². The van der Waals surface area contributed by atoms with Crippen LogP contribution in [-0.4, -0.2) is 0 Å². The van der Waals surface area contributed by atoms with E-state index >= 15 is 0 Å². The van der Waals surface area contributed by atoms with Crippen molar-refractivity contribution in [1.82, 2.24) is 0 Å². The molecule has 0 atom stereocenters. The van der Waals surface area contributed by atoms with E-state index in [4.69, 9.17) is 5.73 Å². The minimum absolute atomic E-state index is 0.0270. The molecule has 1 aromatic carbocycles. The van der Waals surface area contributed by atoms with Gasteiger partial charge in [0.1, 0.15) is 0 Å². The van der Waals surface area contributed by atoms with Crippen LogP contribution in [0.25, 0.3) is 0 Å². The molecule has 2 N–H and O–H groups in total. The van der Waals surface area contributed by atoms with Crippen molar-refractivity contribution < 1.29 is 0 Å². The normalized spacial score (nSPS) is 24.3. The molecule has 2 aliphatic rings. The second-order valence-corrected chi connectivity index (χ2v) is 6.68. The largest absolute Gasteiger partial charge is 0.321 e. The van der Waals surface area contributed by atoms with Crippen LogP contribution < -0.4 is 5.73 Å². The van der Waals surface area contributed by atoms with Gasteiger partial charge in [-0.1, -0.05) is 62.8 Å². The maximum absolute atomic E-state index is 6.61. The van der Waals surface area contributed by atoms with E-state index in [9.17, 15) is 0 Å². The first-order valence-electron chi connectivity index (χ1n) is 8.17. The molecule has 0 amide bonds. The van der Waals surface area contributed by atoms with E-state index in [2.05, 4.69) is 24.3 Å². The molecule has 1 heteroatoms. The first kappa shape index (κ1) is 13.2. The zero-order chi connectivity index (χ0) is 13.1. The predicted molar refractivity (Wildman–Crippen MR) is 81.2 cm³/mol. The smallest absolute Gasteiger partial charge is 0.0409 e. The van der Waals surface area contributed by atoms with Crippen LogP contribution in [0.4, 0.5) is 0 Å². The van der Waals surface area contributed by atoms with E-state index in [1.165, 1.54) is 69.8 Å². The van der Waals surface area contributed by atoms with Gasteiger partial charge in [0.25, 0.3) is 0 Å². The Hall–Kier alpha value is -0.820. The van der Waals surface area contributed by atoms with Gasteiger partial charge in [-0.15, -0.1) is 0 Å². The lowest BCUT2D eigenvalue weighted by Gasteiger charge is -2.26. The average Bonchev–Trinajstić information content (AvgIpc) is 2.73. The number of nitrogens with two attached hydrogens (primary N) is 1. The summed E-state index contributed by atoms with van der Waals surface area (Å²) >= 11 is 0. The molecule has 0 saturated heterocycles. The molecule has 1 nitrogen and oxygen atoms in total. The molecule has 0 heterocycles. The Labute approximate surface area is 117 Å². The molecule has 0 radical (unpaired) electrons. The molecular weight excluding hydrogens is 230 g/mol. The SMILES string of the molecule is NC1(c2cccc(C3CCCCCC3)c2)CCCC1. The van der Waals surface area contributed by atoms with Crippen LogP contribution in [0.5, 0.6) is 0 Å². The summed E-state index contributed by atoms with van der Waals surface area (Å²) in [6.07, 6.45) is 13.3. The van der Waals surface area contributed by atoms with E-state index in [1.54, 1.807) is 5.56 Å². The van der Waals surface area contributed by atoms with Crippen molar-refractivity contribution in [2.45, 2.75) is 75.7 Å². The Morgan fingerprint density at radius 2 is 1.58 bits per heavy atom. The highest BCUT2D eigenvalue weighted by atomic mass is 14.8. The van der Waals surface area contributed by atoms with Crippen LogP contribution in [0.1, 0.15) is 81.3 Å². The molecule has 104 valence electrons. The quantitative estimate of drug-likeness (QED) is 0.753. The summed E-state index contributed by atoms with van der Waals surface area (Å²) in [5.41, 5.74) is 9.53. The van der Waals surface area contributed by atoms with Gasteiger partial charge >= 0.3 is 0 Å². The number of benzene rings is 1. The molecule has 2 fully saturated rings. The van der Waals surface area contributed by atoms with E-state index in [1.807, 2.05) is 0 Å². The highest BCUT2D eigenvalue weighted by Gasteiger charge is 2.31. The maximum atomic E-state index is 6.61. The van der Waals surface area contributed by atoms with Crippen molar-refractivity contribution in [3.05, 3.63) is 35.4 Å². The van der Waals surface area contributed by atoms with Crippen molar-refractivity contribution in [3.63, 3.8) is 0 Å². The fourth-order valence-corrected chi connectivity index (χ4v) is 4.01. The van der Waals surface area contributed by atoms with Crippen molar-refractivity contribution in [1.29, 1.82) is 0 Å². The Bertz CT molecular complexity index is 409. The first-order chi connectivity index (χ1) is 9.28. The third-order valence-electron chi connectivity index (χ3n) is 5.28. The van der Waals surface area contributed by atoms with E-state index in [-0.39, 0.29) is 5.54 Å². The topological polar surface area (TPSA) is 26.0 Å². The van der Waals surface area contributed by atoms with Gasteiger partial charge in [0.05, 0.1) is 0 Å². The van der Waals surface area contributed by atoms with Crippen LogP contribution in [0.3, 0.4) is 0 Å². The zero-order valence-electron chi connectivity index (χ0n) is 12.0. The molecular formula is C18H27N. The van der Waals surface area contributed by atoms with Crippen molar-refractivity contribution in [2.75, 3.05) is 0 Å². The van der Waals surface area contributed by atoms with Gasteiger partial charge in [0.15, 0.2) is 0 Å². The molecule has 19 heavy (non-hydrogen) atoms. The summed E-state index contributed by atoms with van der Waals surface area (Å²) in [4.78, 5) is 0. The third kappa shape index (κ3) is 2.86. The summed E-state index contributed by atoms with van der Waals surface area (Å²) in [5.74, 6) is 0.785. The Balaban J connectivity index is 1.82. The van der Waals surface area contributed by atoms with Gasteiger partial charge in [-0.25, -0.2) is 0 Å². The van der Waals surface area contributed by atoms with Gasteiger partial charge < -0.3 is 5.73 Å². The van der Waals surface area contributed by atoms with E-state index in [0.717, 1.165) is 5.92 Å². The van der Waals surface area contributed by atoms with Gasteiger partial charge in [-0.05, 0) is 42.7 Å². The average molecular weight is 257 g/mol. The highest BCUT2D eigenvalue weighted by Crippen LogP contribution is 2.38. The van der Waals surface area contributed by atoms with Crippen molar-refractivity contribution >= 4 is 0 Å². The second-order valence-electron chi connectivity index (χ2n) is 6.68. The number of hydrogen-bond donors (Lipinski definition) is 1. The Morgan fingerprint density at radius 3 is 2.26 bits per heavy atom. The summed E-state index contributed by atoms with van der Waals surface area (Å²) in [6, 6.07) is 9.26.